The van der Waals surface area contributed by atoms with E-state index in [4.69, 9.17) is 0 Å². The molecule has 0 atom stereocenters. The Hall–Kier alpha value is -1.57. The number of nitrogens with zero attached hydrogens (tertiary/aromatic N) is 3. The van der Waals surface area contributed by atoms with Crippen LogP contribution < -0.4 is 4.90 Å². The number of aromatic nitrogens is 2. The van der Waals surface area contributed by atoms with E-state index in [1.807, 2.05) is 41.9 Å². The van der Waals surface area contributed by atoms with E-state index in [-0.39, 0.29) is 12.3 Å². The van der Waals surface area contributed by atoms with Gasteiger partial charge < -0.3 is 0 Å². The van der Waals surface area contributed by atoms with Gasteiger partial charge in [-0.2, -0.15) is 0 Å². The van der Waals surface area contributed by atoms with E-state index in [1.165, 1.54) is 0 Å². The smallest absolute Gasteiger partial charge is 0.234 e. The number of amides is 1. The average molecular weight is 408 g/mol. The molecular formula is C16H14BrN3OS2. The lowest BCUT2D eigenvalue weighted by molar-refractivity contribution is -0.118. The van der Waals surface area contributed by atoms with E-state index in [1.54, 1.807) is 33.8 Å². The van der Waals surface area contributed by atoms with Crippen LogP contribution in [0.3, 0.4) is 0 Å². The zero-order chi connectivity index (χ0) is 16.2. The molecule has 7 heteroatoms. The highest BCUT2D eigenvalue weighted by molar-refractivity contribution is 9.10. The van der Waals surface area contributed by atoms with Gasteiger partial charge >= 0.3 is 0 Å². The van der Waals surface area contributed by atoms with E-state index in [0.717, 1.165) is 20.1 Å². The van der Waals surface area contributed by atoms with Crippen molar-refractivity contribution in [2.75, 3.05) is 11.4 Å². The summed E-state index contributed by atoms with van der Waals surface area (Å²) in [7, 11) is 0. The third-order valence-electron chi connectivity index (χ3n) is 3.22. The lowest BCUT2D eigenvalue weighted by Gasteiger charge is -2.19. The summed E-state index contributed by atoms with van der Waals surface area (Å²) >= 11 is 6.58. The van der Waals surface area contributed by atoms with Crippen molar-refractivity contribution in [1.82, 2.24) is 9.97 Å². The predicted molar refractivity (Wildman–Crippen MR) is 99.1 cm³/mol. The van der Waals surface area contributed by atoms with Gasteiger partial charge in [0.1, 0.15) is 10.8 Å². The number of hydrogen-bond donors (Lipinski definition) is 0. The van der Waals surface area contributed by atoms with Crippen molar-refractivity contribution in [3.63, 3.8) is 0 Å². The fourth-order valence-corrected chi connectivity index (χ4v) is 4.01. The molecule has 0 spiro atoms. The second-order valence-corrected chi connectivity index (χ2v) is 7.49. The molecule has 0 bridgehead atoms. The normalized spacial score (nSPS) is 10.7. The van der Waals surface area contributed by atoms with Crippen molar-refractivity contribution in [3.8, 4) is 9.88 Å². The van der Waals surface area contributed by atoms with Crippen LogP contribution in [-0.2, 0) is 11.2 Å². The molecule has 0 unspecified atom stereocenters. The molecule has 118 valence electrons. The molecule has 0 saturated heterocycles. The maximum atomic E-state index is 12.6. The van der Waals surface area contributed by atoms with Gasteiger partial charge in [-0.3, -0.25) is 9.69 Å². The molecule has 0 aliphatic carbocycles. The Morgan fingerprint density at radius 1 is 1.30 bits per heavy atom. The second-order valence-electron chi connectivity index (χ2n) is 4.77. The van der Waals surface area contributed by atoms with Gasteiger partial charge in [0.05, 0.1) is 17.0 Å². The van der Waals surface area contributed by atoms with Crippen molar-refractivity contribution in [2.45, 2.75) is 13.3 Å². The summed E-state index contributed by atoms with van der Waals surface area (Å²) in [6.45, 7) is 2.52. The summed E-state index contributed by atoms with van der Waals surface area (Å²) < 4.78 is 0.893. The van der Waals surface area contributed by atoms with Crippen LogP contribution in [0.5, 0.6) is 0 Å². The van der Waals surface area contributed by atoms with Gasteiger partial charge in [0.15, 0.2) is 0 Å². The molecule has 4 nitrogen and oxygen atoms in total. The Labute approximate surface area is 151 Å². The van der Waals surface area contributed by atoms with E-state index < -0.39 is 0 Å². The number of halogens is 1. The molecule has 0 aromatic carbocycles. The highest BCUT2D eigenvalue weighted by Crippen LogP contribution is 2.28. The Balaban J connectivity index is 1.73. The van der Waals surface area contributed by atoms with Crippen LogP contribution in [0.1, 0.15) is 12.6 Å². The first-order valence-corrected chi connectivity index (χ1v) is 9.63. The molecule has 0 saturated carbocycles. The van der Waals surface area contributed by atoms with Crippen molar-refractivity contribution in [2.24, 2.45) is 0 Å². The van der Waals surface area contributed by atoms with Crippen molar-refractivity contribution in [3.05, 3.63) is 51.4 Å². The lowest BCUT2D eigenvalue weighted by Crippen LogP contribution is -2.32. The highest BCUT2D eigenvalue weighted by atomic mass is 79.9. The first-order chi connectivity index (χ1) is 11.2. The molecular weight excluding hydrogens is 394 g/mol. The van der Waals surface area contributed by atoms with Crippen LogP contribution in [0.4, 0.5) is 5.82 Å². The molecule has 0 radical (unpaired) electrons. The molecule has 0 N–H and O–H groups in total. The summed E-state index contributed by atoms with van der Waals surface area (Å²) in [5, 5.41) is 4.95. The molecule has 3 aromatic heterocycles. The standard InChI is InChI=1S/C16H14BrN3OS2/c1-2-20(14-6-5-11(17)9-18-14)15(21)8-12-10-23-16(19-12)13-4-3-7-22-13/h3-7,9-10H,2,8H2,1H3. The van der Waals surface area contributed by atoms with Crippen LogP contribution >= 0.6 is 38.6 Å². The third-order valence-corrected chi connectivity index (χ3v) is 5.62. The minimum Gasteiger partial charge on any atom is -0.297 e. The van der Waals surface area contributed by atoms with Gasteiger partial charge in [-0.25, -0.2) is 9.97 Å². The monoisotopic (exact) mass is 407 g/mol. The number of rotatable bonds is 5. The Bertz CT molecular complexity index is 784. The minimum atomic E-state index is 0.00496. The largest absolute Gasteiger partial charge is 0.297 e. The Morgan fingerprint density at radius 3 is 2.83 bits per heavy atom. The average Bonchev–Trinajstić information content (AvgIpc) is 3.21. The third kappa shape index (κ3) is 3.85. The minimum absolute atomic E-state index is 0.00496. The Morgan fingerprint density at radius 2 is 2.17 bits per heavy atom. The van der Waals surface area contributed by atoms with E-state index >= 15 is 0 Å². The van der Waals surface area contributed by atoms with Gasteiger partial charge in [-0.05, 0) is 46.4 Å². The van der Waals surface area contributed by atoms with Gasteiger partial charge in [-0.1, -0.05) is 6.07 Å². The molecule has 3 rings (SSSR count). The first kappa shape index (κ1) is 16.3. The molecule has 0 fully saturated rings. The topological polar surface area (TPSA) is 46.1 Å². The number of carbonyl (C=O) groups excluding carboxylic acids is 1. The molecule has 0 aliphatic heterocycles. The van der Waals surface area contributed by atoms with Crippen LogP contribution in [0, 0.1) is 0 Å². The van der Waals surface area contributed by atoms with Crippen LogP contribution in [0.15, 0.2) is 45.7 Å². The van der Waals surface area contributed by atoms with E-state index in [0.29, 0.717) is 12.4 Å². The SMILES string of the molecule is CCN(C(=O)Cc1csc(-c2cccs2)n1)c1ccc(Br)cn1. The first-order valence-electron chi connectivity index (χ1n) is 7.07. The molecule has 0 aliphatic rings. The molecule has 23 heavy (non-hydrogen) atoms. The summed E-state index contributed by atoms with van der Waals surface area (Å²) in [5.74, 6) is 0.666. The molecule has 3 heterocycles. The number of likely N-dealkylation sites (N-methyl/N-ethyl adjacent to an activating group) is 1. The molecule has 1 amide bonds. The maximum absolute atomic E-state index is 12.6. The zero-order valence-electron chi connectivity index (χ0n) is 12.4. The van der Waals surface area contributed by atoms with Crippen molar-refractivity contribution >= 4 is 50.3 Å². The zero-order valence-corrected chi connectivity index (χ0v) is 15.6. The quantitative estimate of drug-likeness (QED) is 0.619. The molecule has 3 aromatic rings. The fourth-order valence-electron chi connectivity index (χ4n) is 2.15. The summed E-state index contributed by atoms with van der Waals surface area (Å²) in [5.41, 5.74) is 0.805. The van der Waals surface area contributed by atoms with Crippen molar-refractivity contribution < 1.29 is 4.79 Å². The lowest BCUT2D eigenvalue weighted by atomic mass is 10.3. The summed E-state index contributed by atoms with van der Waals surface area (Å²) in [6.07, 6.45) is 1.98. The predicted octanol–water partition coefficient (Wildman–Crippen LogP) is 4.62. The fraction of sp³-hybridized carbons (Fsp3) is 0.188. The summed E-state index contributed by atoms with van der Waals surface area (Å²) in [6, 6.07) is 7.77. The number of anilines is 1. The summed E-state index contributed by atoms with van der Waals surface area (Å²) in [4.78, 5) is 24.2. The van der Waals surface area contributed by atoms with E-state index in [9.17, 15) is 4.79 Å². The van der Waals surface area contributed by atoms with Gasteiger partial charge in [0.2, 0.25) is 5.91 Å². The van der Waals surface area contributed by atoms with Crippen LogP contribution in [0.2, 0.25) is 0 Å². The van der Waals surface area contributed by atoms with Crippen LogP contribution in [-0.4, -0.2) is 22.4 Å². The number of thiazole rings is 1. The van der Waals surface area contributed by atoms with E-state index in [2.05, 4.69) is 25.9 Å². The number of hydrogen-bond acceptors (Lipinski definition) is 5. The van der Waals surface area contributed by atoms with Gasteiger partial charge in [0, 0.05) is 22.6 Å². The van der Waals surface area contributed by atoms with Crippen molar-refractivity contribution in [1.29, 1.82) is 0 Å². The number of carbonyl (C=O) groups is 1. The second kappa shape index (κ2) is 7.33. The number of thiophene rings is 1. The van der Waals surface area contributed by atoms with Gasteiger partial charge in [0.25, 0.3) is 0 Å². The van der Waals surface area contributed by atoms with Crippen LogP contribution in [0.25, 0.3) is 9.88 Å². The van der Waals surface area contributed by atoms with Gasteiger partial charge in [-0.15, -0.1) is 22.7 Å². The highest BCUT2D eigenvalue weighted by Gasteiger charge is 2.17. The maximum Gasteiger partial charge on any atom is 0.234 e. The number of pyridine rings is 1. The Kier molecular flexibility index (Phi) is 5.20.